The van der Waals surface area contributed by atoms with E-state index < -0.39 is 0 Å². The highest BCUT2D eigenvalue weighted by Gasteiger charge is 2.22. The predicted octanol–water partition coefficient (Wildman–Crippen LogP) is 9.45. The van der Waals surface area contributed by atoms with Crippen molar-refractivity contribution < 1.29 is 0 Å². The highest BCUT2D eigenvalue weighted by Crippen LogP contribution is 2.42. The Labute approximate surface area is 251 Å². The first-order chi connectivity index (χ1) is 21.8. The summed E-state index contributed by atoms with van der Waals surface area (Å²) in [6.45, 7) is 0. The number of hydrogen-bond acceptors (Lipinski definition) is 3. The van der Waals surface area contributed by atoms with Gasteiger partial charge in [-0.3, -0.25) is 4.57 Å². The zero-order chi connectivity index (χ0) is 28.8. The van der Waals surface area contributed by atoms with Gasteiger partial charge in [-0.05, 0) is 24.3 Å². The summed E-state index contributed by atoms with van der Waals surface area (Å²) in [5, 5.41) is 7.36. The molecule has 5 nitrogen and oxygen atoms in total. The third kappa shape index (κ3) is 3.15. The highest BCUT2D eigenvalue weighted by molar-refractivity contribution is 6.26. The Bertz CT molecular complexity index is 2650. The van der Waals surface area contributed by atoms with Crippen LogP contribution in [0.25, 0.3) is 88.6 Å². The molecule has 44 heavy (non-hydrogen) atoms. The number of para-hydroxylation sites is 3. The van der Waals surface area contributed by atoms with Crippen LogP contribution in [0.4, 0.5) is 0 Å². The first kappa shape index (κ1) is 23.5. The van der Waals surface area contributed by atoms with E-state index in [-0.39, 0.29) is 0 Å². The molecule has 0 saturated heterocycles. The fourth-order valence-corrected chi connectivity index (χ4v) is 7.00. The average Bonchev–Trinajstić information content (AvgIpc) is 3.73. The first-order valence-electron chi connectivity index (χ1n) is 14.8. The van der Waals surface area contributed by atoms with Gasteiger partial charge in [-0.15, -0.1) is 0 Å². The quantitative estimate of drug-likeness (QED) is 0.216. The number of rotatable bonds is 3. The summed E-state index contributed by atoms with van der Waals surface area (Å²) in [4.78, 5) is 15.2. The van der Waals surface area contributed by atoms with Crippen LogP contribution in [-0.2, 0) is 0 Å². The molecule has 0 atom stereocenters. The molecule has 10 rings (SSSR count). The lowest BCUT2D eigenvalue weighted by molar-refractivity contribution is 0.954. The van der Waals surface area contributed by atoms with Crippen LogP contribution in [-0.4, -0.2) is 23.9 Å². The van der Waals surface area contributed by atoms with Gasteiger partial charge in [0.1, 0.15) is 0 Å². The van der Waals surface area contributed by atoms with Crippen LogP contribution < -0.4 is 0 Å². The third-order valence-electron chi connectivity index (χ3n) is 8.90. The summed E-state index contributed by atoms with van der Waals surface area (Å²) in [7, 11) is 0. The van der Waals surface area contributed by atoms with E-state index in [1.807, 2.05) is 60.7 Å². The van der Waals surface area contributed by atoms with Crippen LogP contribution in [0, 0.1) is 0 Å². The van der Waals surface area contributed by atoms with Crippen molar-refractivity contribution >= 4 is 59.9 Å². The molecule has 10 aromatic rings. The minimum absolute atomic E-state index is 0.602. The topological polar surface area (TPSA) is 48.0 Å². The maximum atomic E-state index is 5.11. The Hall–Kier alpha value is -6.07. The second-order valence-electron chi connectivity index (χ2n) is 11.3. The fraction of sp³-hybridized carbons (Fsp3) is 0. The molecule has 0 aliphatic heterocycles. The fourth-order valence-electron chi connectivity index (χ4n) is 7.00. The van der Waals surface area contributed by atoms with Crippen LogP contribution in [0.15, 0.2) is 140 Å². The Morgan fingerprint density at radius 1 is 0.364 bits per heavy atom. The van der Waals surface area contributed by atoms with Crippen LogP contribution >= 0.6 is 0 Å². The zero-order valence-electron chi connectivity index (χ0n) is 23.5. The SMILES string of the molecule is c1ccc(-c2nc(-c3ccccc3)nc(-n3c4ccccc4c4cc5c(cc43)c3cccc4c6ccccc6n5c43)n2)cc1. The van der Waals surface area contributed by atoms with Crippen molar-refractivity contribution in [1.29, 1.82) is 0 Å². The van der Waals surface area contributed by atoms with E-state index in [0.717, 1.165) is 27.5 Å². The second kappa shape index (κ2) is 8.72. The van der Waals surface area contributed by atoms with Gasteiger partial charge in [0.2, 0.25) is 5.95 Å². The third-order valence-corrected chi connectivity index (χ3v) is 8.90. The van der Waals surface area contributed by atoms with Gasteiger partial charge < -0.3 is 4.40 Å². The van der Waals surface area contributed by atoms with Gasteiger partial charge in [0.25, 0.3) is 0 Å². The van der Waals surface area contributed by atoms with E-state index in [4.69, 9.17) is 15.0 Å². The summed E-state index contributed by atoms with van der Waals surface area (Å²) >= 11 is 0. The van der Waals surface area contributed by atoms with Crippen LogP contribution in [0.2, 0.25) is 0 Å². The summed E-state index contributed by atoms with van der Waals surface area (Å²) in [6.07, 6.45) is 0. The van der Waals surface area contributed by atoms with Gasteiger partial charge in [0.15, 0.2) is 11.6 Å². The van der Waals surface area contributed by atoms with Crippen molar-refractivity contribution in [2.45, 2.75) is 0 Å². The Balaban J connectivity index is 1.35. The highest BCUT2D eigenvalue weighted by atomic mass is 15.2. The molecule has 0 N–H and O–H groups in total. The summed E-state index contributed by atoms with van der Waals surface area (Å²) in [5.74, 6) is 1.90. The molecule has 0 aliphatic rings. The molecule has 0 aliphatic carbocycles. The van der Waals surface area contributed by atoms with E-state index >= 15 is 0 Å². The van der Waals surface area contributed by atoms with Crippen LogP contribution in [0.1, 0.15) is 0 Å². The lowest BCUT2D eigenvalue weighted by Crippen LogP contribution is -2.06. The summed E-state index contributed by atoms with van der Waals surface area (Å²) in [5.41, 5.74) is 7.74. The van der Waals surface area contributed by atoms with Gasteiger partial charge in [-0.2, -0.15) is 9.97 Å². The molecule has 0 saturated carbocycles. The number of fused-ring (bicyclic) bond motifs is 9. The molecule has 0 amide bonds. The monoisotopic (exact) mass is 561 g/mol. The summed E-state index contributed by atoms with van der Waals surface area (Å²) < 4.78 is 4.64. The molecule has 204 valence electrons. The maximum absolute atomic E-state index is 5.11. The molecule has 4 heterocycles. The molecule has 5 heteroatoms. The minimum atomic E-state index is 0.602. The van der Waals surface area contributed by atoms with Crippen molar-refractivity contribution in [2.24, 2.45) is 0 Å². The maximum Gasteiger partial charge on any atom is 0.238 e. The van der Waals surface area contributed by atoms with E-state index in [9.17, 15) is 0 Å². The van der Waals surface area contributed by atoms with Crippen molar-refractivity contribution in [1.82, 2.24) is 23.9 Å². The normalized spacial score (nSPS) is 12.1. The molecule has 0 unspecified atom stereocenters. The molecular weight excluding hydrogens is 538 g/mol. The summed E-state index contributed by atoms with van der Waals surface area (Å²) in [6, 6.07) is 48.9. The molecule has 0 spiro atoms. The van der Waals surface area contributed by atoms with E-state index in [0.29, 0.717) is 17.6 Å². The zero-order valence-corrected chi connectivity index (χ0v) is 23.5. The molecule has 0 bridgehead atoms. The number of benzene rings is 6. The largest absolute Gasteiger partial charge is 0.308 e. The number of aromatic nitrogens is 5. The van der Waals surface area contributed by atoms with Gasteiger partial charge in [-0.25, -0.2) is 4.98 Å². The molecule has 4 aromatic heterocycles. The minimum Gasteiger partial charge on any atom is -0.308 e. The Kier molecular flexibility index (Phi) is 4.66. The predicted molar refractivity (Wildman–Crippen MR) is 180 cm³/mol. The van der Waals surface area contributed by atoms with Crippen LogP contribution in [0.5, 0.6) is 0 Å². The molecule has 6 aromatic carbocycles. The van der Waals surface area contributed by atoms with Gasteiger partial charge in [-0.1, -0.05) is 115 Å². The smallest absolute Gasteiger partial charge is 0.238 e. The van der Waals surface area contributed by atoms with Crippen molar-refractivity contribution in [2.75, 3.05) is 0 Å². The van der Waals surface area contributed by atoms with Crippen molar-refractivity contribution in [3.05, 3.63) is 140 Å². The van der Waals surface area contributed by atoms with E-state index in [1.54, 1.807) is 0 Å². The average molecular weight is 562 g/mol. The number of nitrogens with zero attached hydrogens (tertiary/aromatic N) is 5. The van der Waals surface area contributed by atoms with E-state index in [2.05, 4.69) is 87.8 Å². The second-order valence-corrected chi connectivity index (χ2v) is 11.3. The molecular formula is C39H23N5. The Morgan fingerprint density at radius 2 is 0.864 bits per heavy atom. The molecule has 0 fully saturated rings. The van der Waals surface area contributed by atoms with Gasteiger partial charge >= 0.3 is 0 Å². The lowest BCUT2D eigenvalue weighted by Gasteiger charge is -2.11. The van der Waals surface area contributed by atoms with Crippen LogP contribution in [0.3, 0.4) is 0 Å². The van der Waals surface area contributed by atoms with Crippen molar-refractivity contribution in [3.63, 3.8) is 0 Å². The molecule has 0 radical (unpaired) electrons. The van der Waals surface area contributed by atoms with Gasteiger partial charge in [0, 0.05) is 43.4 Å². The van der Waals surface area contributed by atoms with E-state index in [1.165, 1.54) is 43.5 Å². The lowest BCUT2D eigenvalue weighted by atomic mass is 10.1. The van der Waals surface area contributed by atoms with Gasteiger partial charge in [0.05, 0.1) is 27.6 Å². The Morgan fingerprint density at radius 3 is 1.55 bits per heavy atom. The number of hydrogen-bond donors (Lipinski definition) is 0. The van der Waals surface area contributed by atoms with Crippen molar-refractivity contribution in [3.8, 4) is 28.7 Å². The first-order valence-corrected chi connectivity index (χ1v) is 14.8. The standard InChI is InChI=1S/C39H23N5/c1-3-12-24(13-4-1)37-40-38(25-14-5-2-6-15-25)42-39(41-37)44-33-21-10-8-17-27(33)30-22-34-31(23-35(30)44)29-19-11-18-28-26-16-7-9-20-32(26)43(34)36(28)29/h1-23H.